The monoisotopic (exact) mass is 315 g/mol. The zero-order valence-electron chi connectivity index (χ0n) is 12.6. The van der Waals surface area contributed by atoms with Crippen molar-refractivity contribution in [2.24, 2.45) is 0 Å². The van der Waals surface area contributed by atoms with Gasteiger partial charge in [-0.05, 0) is 18.4 Å². The Morgan fingerprint density at radius 2 is 2.09 bits per heavy atom. The van der Waals surface area contributed by atoms with Crippen molar-refractivity contribution < 1.29 is 19.2 Å². The summed E-state index contributed by atoms with van der Waals surface area (Å²) in [6.45, 7) is 7.11. The minimum Gasteiger partial charge on any atom is -0.392 e. The standard InChI is InChI=1S/C16H17N3O4/c1-17-11-22-15(20)14-8-7-13-9-18(14)16(21)19(13)23-10-12-5-3-2-4-6-12/h2-6,13-14H,7-11H2/t13-,14+/m1/s1. The number of urea groups is 1. The van der Waals surface area contributed by atoms with E-state index in [2.05, 4.69) is 4.85 Å². The molecule has 0 saturated carbocycles. The number of benzene rings is 1. The number of rotatable bonds is 5. The average molecular weight is 315 g/mol. The summed E-state index contributed by atoms with van der Waals surface area (Å²) in [4.78, 5) is 34.6. The summed E-state index contributed by atoms with van der Waals surface area (Å²) in [6, 6.07) is 8.62. The van der Waals surface area contributed by atoms with Crippen molar-refractivity contribution in [1.82, 2.24) is 9.96 Å². The Bertz CT molecular complexity index is 628. The minimum atomic E-state index is -0.620. The summed E-state index contributed by atoms with van der Waals surface area (Å²) in [5, 5.41) is 1.37. The largest absolute Gasteiger partial charge is 0.392 e. The smallest absolute Gasteiger partial charge is 0.359 e. The van der Waals surface area contributed by atoms with Gasteiger partial charge in [0.2, 0.25) is 0 Å². The molecule has 0 aliphatic carbocycles. The maximum Gasteiger partial charge on any atom is 0.359 e. The highest BCUT2D eigenvalue weighted by molar-refractivity contribution is 5.85. The lowest BCUT2D eigenvalue weighted by atomic mass is 10.0. The predicted molar refractivity (Wildman–Crippen MR) is 79.5 cm³/mol. The second kappa shape index (κ2) is 6.67. The van der Waals surface area contributed by atoms with E-state index in [1.165, 1.54) is 9.96 Å². The number of carbonyl (C=O) groups excluding carboxylic acids is 2. The van der Waals surface area contributed by atoms with Gasteiger partial charge in [-0.3, -0.25) is 9.68 Å². The molecule has 120 valence electrons. The number of piperidine rings is 1. The third-order valence-corrected chi connectivity index (χ3v) is 4.08. The number of ether oxygens (including phenoxy) is 1. The molecule has 2 saturated heterocycles. The van der Waals surface area contributed by atoms with Gasteiger partial charge in [0.25, 0.3) is 0 Å². The van der Waals surface area contributed by atoms with Crippen LogP contribution in [-0.2, 0) is 21.0 Å². The average Bonchev–Trinajstić information content (AvgIpc) is 2.83. The van der Waals surface area contributed by atoms with Crippen molar-refractivity contribution >= 4 is 12.0 Å². The molecule has 7 nitrogen and oxygen atoms in total. The van der Waals surface area contributed by atoms with Crippen LogP contribution in [0.15, 0.2) is 30.3 Å². The maximum absolute atomic E-state index is 12.5. The summed E-state index contributed by atoms with van der Waals surface area (Å²) in [5.41, 5.74) is 0.977. The lowest BCUT2D eigenvalue weighted by molar-refractivity contribution is -0.148. The quantitative estimate of drug-likeness (QED) is 0.614. The highest BCUT2D eigenvalue weighted by atomic mass is 16.7. The zero-order valence-corrected chi connectivity index (χ0v) is 12.6. The highest BCUT2D eigenvalue weighted by Crippen LogP contribution is 2.31. The number of nitrogens with zero attached hydrogens (tertiary/aromatic N) is 3. The van der Waals surface area contributed by atoms with E-state index in [4.69, 9.17) is 16.1 Å². The van der Waals surface area contributed by atoms with Gasteiger partial charge in [-0.15, -0.1) is 0 Å². The number of carbonyl (C=O) groups is 2. The van der Waals surface area contributed by atoms with Gasteiger partial charge in [0.1, 0.15) is 12.6 Å². The Hall–Kier alpha value is -2.59. The van der Waals surface area contributed by atoms with E-state index < -0.39 is 12.0 Å². The summed E-state index contributed by atoms with van der Waals surface area (Å²) in [7, 11) is 0. The van der Waals surface area contributed by atoms with Gasteiger partial charge in [0.15, 0.2) is 0 Å². The van der Waals surface area contributed by atoms with Crippen LogP contribution in [0.4, 0.5) is 4.79 Å². The Morgan fingerprint density at radius 3 is 2.83 bits per heavy atom. The van der Waals surface area contributed by atoms with Gasteiger partial charge in [-0.2, -0.15) is 5.06 Å². The van der Waals surface area contributed by atoms with Crippen molar-refractivity contribution in [3.8, 4) is 0 Å². The first kappa shape index (κ1) is 15.3. The lowest BCUT2D eigenvalue weighted by Gasteiger charge is -2.27. The molecule has 23 heavy (non-hydrogen) atoms. The van der Waals surface area contributed by atoms with E-state index in [9.17, 15) is 9.59 Å². The zero-order chi connectivity index (χ0) is 16.2. The number of esters is 1. The topological polar surface area (TPSA) is 63.4 Å². The van der Waals surface area contributed by atoms with E-state index in [1.807, 2.05) is 30.3 Å². The molecule has 2 amide bonds. The molecule has 0 aromatic heterocycles. The molecular weight excluding hydrogens is 298 g/mol. The third kappa shape index (κ3) is 3.12. The molecule has 2 fully saturated rings. The highest BCUT2D eigenvalue weighted by Gasteiger charge is 2.48. The first-order valence-electron chi connectivity index (χ1n) is 7.47. The Balaban J connectivity index is 1.62. The molecule has 2 heterocycles. The Kier molecular flexibility index (Phi) is 4.44. The molecule has 2 atom stereocenters. The van der Waals surface area contributed by atoms with Gasteiger partial charge >= 0.3 is 18.7 Å². The molecule has 0 N–H and O–H groups in total. The first-order valence-corrected chi connectivity index (χ1v) is 7.47. The molecule has 1 aromatic carbocycles. The van der Waals surface area contributed by atoms with Gasteiger partial charge < -0.3 is 9.64 Å². The van der Waals surface area contributed by atoms with Crippen LogP contribution < -0.4 is 0 Å². The second-order valence-electron chi connectivity index (χ2n) is 5.52. The van der Waals surface area contributed by atoms with Crippen molar-refractivity contribution in [3.05, 3.63) is 47.3 Å². The number of hydrogen-bond acceptors (Lipinski definition) is 4. The molecule has 1 aromatic rings. The van der Waals surface area contributed by atoms with Crippen LogP contribution in [0.1, 0.15) is 18.4 Å². The molecular formula is C16H17N3O4. The fourth-order valence-electron chi connectivity index (χ4n) is 2.95. The van der Waals surface area contributed by atoms with Gasteiger partial charge in [0.05, 0.1) is 6.04 Å². The van der Waals surface area contributed by atoms with Crippen LogP contribution in [-0.4, -0.2) is 47.3 Å². The fourth-order valence-corrected chi connectivity index (χ4v) is 2.95. The third-order valence-electron chi connectivity index (χ3n) is 4.08. The second-order valence-corrected chi connectivity index (χ2v) is 5.52. The van der Waals surface area contributed by atoms with Gasteiger partial charge in [0, 0.05) is 6.54 Å². The van der Waals surface area contributed by atoms with E-state index >= 15 is 0 Å². The molecule has 3 rings (SSSR count). The van der Waals surface area contributed by atoms with Crippen LogP contribution in [0.3, 0.4) is 0 Å². The predicted octanol–water partition coefficient (Wildman–Crippen LogP) is 1.81. The summed E-state index contributed by atoms with van der Waals surface area (Å²) >= 11 is 0. The summed E-state index contributed by atoms with van der Waals surface area (Å²) in [6.07, 6.45) is 1.20. The molecule has 7 heteroatoms. The SMILES string of the molecule is [C-]#[N+]COC(=O)[C@@H]1CC[C@@H]2CN1C(=O)N2OCc1ccccc1. The number of amides is 2. The van der Waals surface area contributed by atoms with Crippen LogP contribution in [0.25, 0.3) is 4.85 Å². The normalized spacial score (nSPS) is 22.8. The number of fused-ring (bicyclic) bond motifs is 2. The Labute approximate surface area is 134 Å². The minimum absolute atomic E-state index is 0.0453. The van der Waals surface area contributed by atoms with E-state index in [1.54, 1.807) is 0 Å². The van der Waals surface area contributed by atoms with E-state index in [-0.39, 0.29) is 18.8 Å². The van der Waals surface area contributed by atoms with Crippen molar-refractivity contribution in [2.45, 2.75) is 31.5 Å². The Morgan fingerprint density at radius 1 is 1.30 bits per heavy atom. The summed E-state index contributed by atoms with van der Waals surface area (Å²) in [5.74, 6) is -0.516. The molecule has 2 aliphatic rings. The number of hydrogen-bond donors (Lipinski definition) is 0. The molecule has 0 unspecified atom stereocenters. The lowest BCUT2D eigenvalue weighted by Crippen LogP contribution is -2.45. The van der Waals surface area contributed by atoms with Crippen LogP contribution in [0.5, 0.6) is 0 Å². The van der Waals surface area contributed by atoms with Crippen LogP contribution in [0.2, 0.25) is 0 Å². The maximum atomic E-state index is 12.5. The van der Waals surface area contributed by atoms with Gasteiger partial charge in [-0.1, -0.05) is 30.3 Å². The first-order chi connectivity index (χ1) is 11.2. The van der Waals surface area contributed by atoms with E-state index in [0.717, 1.165) is 5.56 Å². The molecule has 2 aliphatic heterocycles. The van der Waals surface area contributed by atoms with Crippen molar-refractivity contribution in [3.63, 3.8) is 0 Å². The van der Waals surface area contributed by atoms with Crippen molar-refractivity contribution in [2.75, 3.05) is 13.3 Å². The molecule has 2 bridgehead atoms. The summed E-state index contributed by atoms with van der Waals surface area (Å²) < 4.78 is 4.85. The van der Waals surface area contributed by atoms with E-state index in [0.29, 0.717) is 26.0 Å². The van der Waals surface area contributed by atoms with Gasteiger partial charge in [-0.25, -0.2) is 16.2 Å². The van der Waals surface area contributed by atoms with Crippen LogP contribution >= 0.6 is 0 Å². The molecule has 0 radical (unpaired) electrons. The fraction of sp³-hybridized carbons (Fsp3) is 0.438. The number of hydroxylamine groups is 2. The molecule has 0 spiro atoms. The van der Waals surface area contributed by atoms with Crippen LogP contribution in [0, 0.1) is 6.57 Å². The van der Waals surface area contributed by atoms with Crippen molar-refractivity contribution in [1.29, 1.82) is 0 Å².